The Balaban J connectivity index is 1.66. The molecule has 0 radical (unpaired) electrons. The number of ketones is 1. The number of rotatable bonds is 7. The fourth-order valence-electron chi connectivity index (χ4n) is 2.83. The van der Waals surface area contributed by atoms with Crippen LogP contribution in [0, 0.1) is 17.3 Å². The molecule has 0 saturated carbocycles. The second-order valence-electron chi connectivity index (χ2n) is 7.90. The summed E-state index contributed by atoms with van der Waals surface area (Å²) in [5.74, 6) is 4.06. The van der Waals surface area contributed by atoms with Crippen molar-refractivity contribution in [3.8, 4) is 17.6 Å². The van der Waals surface area contributed by atoms with Crippen molar-refractivity contribution in [1.29, 1.82) is 0 Å². The van der Waals surface area contributed by atoms with E-state index in [0.717, 1.165) is 0 Å². The molecule has 3 aromatic rings. The number of carboxylic acid groups (broad SMARTS) is 1. The lowest BCUT2D eigenvalue weighted by Crippen LogP contribution is -2.21. The molecule has 0 saturated heterocycles. The summed E-state index contributed by atoms with van der Waals surface area (Å²) in [6.07, 6.45) is 0. The zero-order chi connectivity index (χ0) is 24.7. The molecule has 7 heteroatoms. The number of aliphatic carboxylic acids is 1. The van der Waals surface area contributed by atoms with Crippen molar-refractivity contribution in [3.05, 3.63) is 94.5 Å². The number of para-hydroxylation sites is 1. The molecule has 0 aliphatic rings. The Bertz CT molecular complexity index is 1290. The highest BCUT2D eigenvalue weighted by Gasteiger charge is 2.24. The normalized spacial score (nSPS) is 10.6. The average Bonchev–Trinajstić information content (AvgIpc) is 2.83. The molecule has 0 aliphatic carbocycles. The van der Waals surface area contributed by atoms with E-state index in [-0.39, 0.29) is 17.4 Å². The average molecular weight is 476 g/mol. The highest BCUT2D eigenvalue weighted by atomic mass is 35.5. The van der Waals surface area contributed by atoms with Crippen molar-refractivity contribution in [1.82, 2.24) is 0 Å². The Labute approximate surface area is 202 Å². The number of anilines is 1. The van der Waals surface area contributed by atoms with Crippen molar-refractivity contribution in [3.63, 3.8) is 0 Å². The first-order chi connectivity index (χ1) is 16.2. The second kappa shape index (κ2) is 10.7. The molecule has 0 fully saturated rings. The number of carbonyl (C=O) groups is 3. The van der Waals surface area contributed by atoms with Gasteiger partial charge in [0, 0.05) is 11.1 Å². The third-order valence-corrected chi connectivity index (χ3v) is 5.14. The smallest absolute Gasteiger partial charge is 0.321 e. The van der Waals surface area contributed by atoms with Crippen molar-refractivity contribution in [2.75, 3.05) is 11.9 Å². The van der Waals surface area contributed by atoms with Gasteiger partial charge in [0.15, 0.2) is 12.4 Å². The lowest BCUT2D eigenvalue weighted by molar-refractivity contribution is -0.143. The van der Waals surface area contributed by atoms with E-state index in [1.807, 2.05) is 6.07 Å². The molecule has 0 heterocycles. The lowest BCUT2D eigenvalue weighted by atomic mass is 9.94. The van der Waals surface area contributed by atoms with Gasteiger partial charge in [0.1, 0.15) is 11.2 Å². The number of hydrogen-bond acceptors (Lipinski definition) is 4. The number of halogens is 1. The minimum absolute atomic E-state index is 0.206. The van der Waals surface area contributed by atoms with Gasteiger partial charge in [-0.05, 0) is 44.2 Å². The summed E-state index contributed by atoms with van der Waals surface area (Å²) in [6, 6.07) is 20.3. The Kier molecular flexibility index (Phi) is 7.72. The van der Waals surface area contributed by atoms with Crippen molar-refractivity contribution in [2.45, 2.75) is 13.8 Å². The zero-order valence-corrected chi connectivity index (χ0v) is 19.3. The van der Waals surface area contributed by atoms with Gasteiger partial charge in [-0.15, -0.1) is 0 Å². The molecular weight excluding hydrogens is 454 g/mol. The first kappa shape index (κ1) is 24.6. The number of nitrogens with one attached hydrogen (secondary N) is 1. The maximum atomic E-state index is 12.8. The maximum Gasteiger partial charge on any atom is 0.321 e. The Hall–Kier alpha value is -4.08. The van der Waals surface area contributed by atoms with E-state index in [1.165, 1.54) is 19.9 Å². The van der Waals surface area contributed by atoms with Gasteiger partial charge in [-0.2, -0.15) is 0 Å². The summed E-state index contributed by atoms with van der Waals surface area (Å²) in [5, 5.41) is 12.0. The summed E-state index contributed by atoms with van der Waals surface area (Å²) < 4.78 is 5.62. The number of hydrogen-bond donors (Lipinski definition) is 2. The van der Waals surface area contributed by atoms with E-state index in [0.29, 0.717) is 28.1 Å². The summed E-state index contributed by atoms with van der Waals surface area (Å²) in [6.45, 7) is 2.68. The molecule has 0 unspecified atom stereocenters. The van der Waals surface area contributed by atoms with E-state index >= 15 is 0 Å². The van der Waals surface area contributed by atoms with Crippen LogP contribution in [0.15, 0.2) is 72.8 Å². The molecule has 0 spiro atoms. The van der Waals surface area contributed by atoms with Gasteiger partial charge in [0.05, 0.1) is 16.3 Å². The van der Waals surface area contributed by atoms with Gasteiger partial charge in [0.25, 0.3) is 5.91 Å². The summed E-state index contributed by atoms with van der Waals surface area (Å²) in [4.78, 5) is 36.4. The van der Waals surface area contributed by atoms with E-state index < -0.39 is 17.3 Å². The van der Waals surface area contributed by atoms with Crippen LogP contribution in [0.1, 0.15) is 35.3 Å². The second-order valence-corrected chi connectivity index (χ2v) is 8.31. The minimum atomic E-state index is -1.20. The molecule has 6 nitrogen and oxygen atoms in total. The fraction of sp³-hybridized carbons (Fsp3) is 0.148. The van der Waals surface area contributed by atoms with E-state index in [2.05, 4.69) is 17.2 Å². The Morgan fingerprint density at radius 1 is 1.00 bits per heavy atom. The molecule has 0 atom stereocenters. The largest absolute Gasteiger partial charge is 0.483 e. The van der Waals surface area contributed by atoms with Crippen LogP contribution in [0.3, 0.4) is 0 Å². The molecule has 1 amide bonds. The van der Waals surface area contributed by atoms with Crippen LogP contribution in [0.2, 0.25) is 5.02 Å². The third-order valence-electron chi connectivity index (χ3n) is 4.82. The SMILES string of the molecule is CC(C)(C#Cc1ccc(NC(=O)COc2ccccc2C(=O)c2ccccc2)c(Cl)c1)C(=O)O. The number of carboxylic acids is 1. The molecule has 3 aromatic carbocycles. The van der Waals surface area contributed by atoms with Crippen LogP contribution in [0.4, 0.5) is 5.69 Å². The monoisotopic (exact) mass is 475 g/mol. The number of benzene rings is 3. The first-order valence-electron chi connectivity index (χ1n) is 10.3. The Morgan fingerprint density at radius 3 is 2.35 bits per heavy atom. The van der Waals surface area contributed by atoms with Crippen molar-refractivity contribution in [2.24, 2.45) is 5.41 Å². The molecule has 2 N–H and O–H groups in total. The Morgan fingerprint density at radius 2 is 1.68 bits per heavy atom. The van der Waals surface area contributed by atoms with Gasteiger partial charge in [0.2, 0.25) is 0 Å². The van der Waals surface area contributed by atoms with Gasteiger partial charge in [-0.1, -0.05) is 65.9 Å². The summed E-state index contributed by atoms with van der Waals surface area (Å²) in [5.41, 5.74) is 0.542. The predicted molar refractivity (Wildman–Crippen MR) is 130 cm³/mol. The predicted octanol–water partition coefficient (Wildman–Crippen LogP) is 5.05. The summed E-state index contributed by atoms with van der Waals surface area (Å²) >= 11 is 6.25. The summed E-state index contributed by atoms with van der Waals surface area (Å²) in [7, 11) is 0. The molecule has 172 valence electrons. The lowest BCUT2D eigenvalue weighted by Gasteiger charge is -2.12. The molecule has 3 rings (SSSR count). The van der Waals surface area contributed by atoms with E-state index in [1.54, 1.807) is 60.7 Å². The van der Waals surface area contributed by atoms with Crippen molar-refractivity contribution >= 4 is 34.9 Å². The zero-order valence-electron chi connectivity index (χ0n) is 18.6. The first-order valence-corrected chi connectivity index (χ1v) is 10.7. The van der Waals surface area contributed by atoms with Crippen LogP contribution in [-0.2, 0) is 9.59 Å². The number of amides is 1. The van der Waals surface area contributed by atoms with Gasteiger partial charge in [-0.25, -0.2) is 0 Å². The topological polar surface area (TPSA) is 92.7 Å². The molecule has 34 heavy (non-hydrogen) atoms. The minimum Gasteiger partial charge on any atom is -0.483 e. The number of carbonyl (C=O) groups excluding carboxylic acids is 2. The van der Waals surface area contributed by atoms with Gasteiger partial charge >= 0.3 is 5.97 Å². The maximum absolute atomic E-state index is 12.8. The van der Waals surface area contributed by atoms with Crippen LogP contribution < -0.4 is 10.1 Å². The van der Waals surface area contributed by atoms with Gasteiger partial charge in [-0.3, -0.25) is 14.4 Å². The van der Waals surface area contributed by atoms with Crippen LogP contribution >= 0.6 is 11.6 Å². The number of ether oxygens (including phenoxy) is 1. The van der Waals surface area contributed by atoms with Crippen LogP contribution in [0.5, 0.6) is 5.75 Å². The highest BCUT2D eigenvalue weighted by molar-refractivity contribution is 6.33. The third kappa shape index (κ3) is 6.25. The molecular formula is C27H22ClNO5. The molecule has 0 aromatic heterocycles. The van der Waals surface area contributed by atoms with Gasteiger partial charge < -0.3 is 15.2 Å². The fourth-order valence-corrected chi connectivity index (χ4v) is 3.06. The van der Waals surface area contributed by atoms with Crippen LogP contribution in [-0.4, -0.2) is 29.4 Å². The standard InChI is InChI=1S/C27H22ClNO5/c1-27(2,26(32)33)15-14-18-12-13-22(21(28)16-18)29-24(30)17-34-23-11-7-6-10-20(23)25(31)19-8-4-3-5-9-19/h3-13,16H,17H2,1-2H3,(H,29,30)(H,32,33). The van der Waals surface area contributed by atoms with Crippen LogP contribution in [0.25, 0.3) is 0 Å². The highest BCUT2D eigenvalue weighted by Crippen LogP contribution is 2.24. The van der Waals surface area contributed by atoms with E-state index in [9.17, 15) is 14.4 Å². The molecule has 0 bridgehead atoms. The quantitative estimate of drug-likeness (QED) is 0.368. The van der Waals surface area contributed by atoms with E-state index in [4.69, 9.17) is 21.4 Å². The van der Waals surface area contributed by atoms with Crippen molar-refractivity contribution < 1.29 is 24.2 Å². The molecule has 0 aliphatic heterocycles.